The van der Waals surface area contributed by atoms with Gasteiger partial charge in [0.05, 0.1) is 7.11 Å². The molecule has 1 aliphatic rings. The molecule has 1 fully saturated rings. The normalized spacial score (nSPS) is 24.3. The average molecular weight is 246 g/mol. The number of ether oxygens (including phenoxy) is 1. The summed E-state index contributed by atoms with van der Waals surface area (Å²) in [6, 6.07) is 8.23. The molecule has 0 aromatic heterocycles. The summed E-state index contributed by atoms with van der Waals surface area (Å²) in [5.74, 6) is 1.83. The summed E-state index contributed by atoms with van der Waals surface area (Å²) in [5, 5.41) is 0. The molecule has 2 atom stereocenters. The number of hydrogen-bond donors (Lipinski definition) is 0. The number of hydrogen-bond acceptors (Lipinski definition) is 2. The third-order valence-electron chi connectivity index (χ3n) is 4.08. The van der Waals surface area contributed by atoms with E-state index in [9.17, 15) is 4.79 Å². The van der Waals surface area contributed by atoms with Crippen LogP contribution in [-0.2, 0) is 4.79 Å². The van der Waals surface area contributed by atoms with E-state index in [-0.39, 0.29) is 5.92 Å². The predicted octanol–water partition coefficient (Wildman–Crippen LogP) is 3.95. The fourth-order valence-electron chi connectivity index (χ4n) is 3.04. The van der Waals surface area contributed by atoms with Gasteiger partial charge in [-0.1, -0.05) is 31.4 Å². The Labute approximate surface area is 109 Å². The van der Waals surface area contributed by atoms with E-state index < -0.39 is 0 Å². The number of methoxy groups -OCH3 is 1. The highest BCUT2D eigenvalue weighted by molar-refractivity contribution is 5.79. The Hall–Kier alpha value is -1.31. The number of Topliss-reactive ketones (excluding diaryl/α,β-unsaturated/α-hetero) is 1. The molecule has 98 valence electrons. The first-order valence-electron chi connectivity index (χ1n) is 6.87. The largest absolute Gasteiger partial charge is 0.497 e. The van der Waals surface area contributed by atoms with Gasteiger partial charge in [0, 0.05) is 5.92 Å². The fourth-order valence-corrected chi connectivity index (χ4v) is 3.04. The summed E-state index contributed by atoms with van der Waals surface area (Å²) >= 11 is 0. The van der Waals surface area contributed by atoms with Crippen LogP contribution in [-0.4, -0.2) is 12.9 Å². The van der Waals surface area contributed by atoms with E-state index in [2.05, 4.69) is 12.1 Å². The Bertz CT molecular complexity index is 394. The van der Waals surface area contributed by atoms with Gasteiger partial charge in [-0.2, -0.15) is 0 Å². The van der Waals surface area contributed by atoms with E-state index in [0.717, 1.165) is 18.6 Å². The molecule has 1 saturated carbocycles. The highest BCUT2D eigenvalue weighted by Crippen LogP contribution is 2.37. The lowest BCUT2D eigenvalue weighted by Crippen LogP contribution is -2.19. The third-order valence-corrected chi connectivity index (χ3v) is 4.08. The van der Waals surface area contributed by atoms with Gasteiger partial charge in [0.2, 0.25) is 0 Å². The van der Waals surface area contributed by atoms with Gasteiger partial charge in [-0.25, -0.2) is 0 Å². The van der Waals surface area contributed by atoms with E-state index in [1.807, 2.05) is 12.1 Å². The van der Waals surface area contributed by atoms with Crippen molar-refractivity contribution in [3.05, 3.63) is 29.8 Å². The highest BCUT2D eigenvalue weighted by atomic mass is 16.5. The number of carbonyl (C=O) groups excluding carboxylic acids is 1. The van der Waals surface area contributed by atoms with Gasteiger partial charge in [0.25, 0.3) is 0 Å². The van der Waals surface area contributed by atoms with Crippen LogP contribution in [0.2, 0.25) is 0 Å². The maximum atomic E-state index is 11.8. The van der Waals surface area contributed by atoms with Crippen molar-refractivity contribution in [3.63, 3.8) is 0 Å². The quantitative estimate of drug-likeness (QED) is 0.755. The SMILES string of the molecule is COc1ccc(C2CCCCCC2C(C)=O)cc1. The van der Waals surface area contributed by atoms with Crippen LogP contribution in [0.3, 0.4) is 0 Å². The smallest absolute Gasteiger partial charge is 0.133 e. The van der Waals surface area contributed by atoms with Crippen LogP contribution in [0.1, 0.15) is 50.5 Å². The van der Waals surface area contributed by atoms with Crippen molar-refractivity contribution in [2.75, 3.05) is 7.11 Å². The van der Waals surface area contributed by atoms with Crippen LogP contribution in [0.15, 0.2) is 24.3 Å². The van der Waals surface area contributed by atoms with Crippen LogP contribution in [0, 0.1) is 5.92 Å². The Balaban J connectivity index is 2.23. The molecule has 0 saturated heterocycles. The topological polar surface area (TPSA) is 26.3 Å². The summed E-state index contributed by atoms with van der Waals surface area (Å²) < 4.78 is 5.19. The van der Waals surface area contributed by atoms with Gasteiger partial charge in [0.15, 0.2) is 0 Å². The lowest BCUT2D eigenvalue weighted by Gasteiger charge is -2.23. The average Bonchev–Trinajstić information content (AvgIpc) is 2.64. The van der Waals surface area contributed by atoms with Gasteiger partial charge < -0.3 is 4.74 Å². The lowest BCUT2D eigenvalue weighted by atomic mass is 9.80. The van der Waals surface area contributed by atoms with E-state index in [4.69, 9.17) is 4.74 Å². The van der Waals surface area contributed by atoms with Crippen molar-refractivity contribution >= 4 is 5.78 Å². The van der Waals surface area contributed by atoms with Crippen molar-refractivity contribution < 1.29 is 9.53 Å². The molecule has 1 aromatic rings. The van der Waals surface area contributed by atoms with Gasteiger partial charge in [0.1, 0.15) is 11.5 Å². The first-order chi connectivity index (χ1) is 8.72. The van der Waals surface area contributed by atoms with Crippen molar-refractivity contribution in [2.45, 2.75) is 44.9 Å². The number of ketones is 1. The summed E-state index contributed by atoms with van der Waals surface area (Å²) in [6.45, 7) is 1.74. The zero-order chi connectivity index (χ0) is 13.0. The second-order valence-corrected chi connectivity index (χ2v) is 5.23. The second kappa shape index (κ2) is 6.03. The van der Waals surface area contributed by atoms with Crippen LogP contribution in [0.5, 0.6) is 5.75 Å². The van der Waals surface area contributed by atoms with Crippen molar-refractivity contribution in [1.29, 1.82) is 0 Å². The first kappa shape index (κ1) is 13.1. The highest BCUT2D eigenvalue weighted by Gasteiger charge is 2.28. The monoisotopic (exact) mass is 246 g/mol. The first-order valence-corrected chi connectivity index (χ1v) is 6.87. The lowest BCUT2D eigenvalue weighted by molar-refractivity contribution is -0.121. The molecule has 0 radical (unpaired) electrons. The Morgan fingerprint density at radius 1 is 1.11 bits per heavy atom. The zero-order valence-corrected chi connectivity index (χ0v) is 11.3. The van der Waals surface area contributed by atoms with E-state index >= 15 is 0 Å². The van der Waals surface area contributed by atoms with E-state index in [1.54, 1.807) is 14.0 Å². The van der Waals surface area contributed by atoms with Gasteiger partial charge in [-0.3, -0.25) is 4.79 Å². The molecular weight excluding hydrogens is 224 g/mol. The Morgan fingerprint density at radius 3 is 2.39 bits per heavy atom. The number of rotatable bonds is 3. The van der Waals surface area contributed by atoms with Crippen molar-refractivity contribution in [2.24, 2.45) is 5.92 Å². The second-order valence-electron chi connectivity index (χ2n) is 5.23. The zero-order valence-electron chi connectivity index (χ0n) is 11.3. The van der Waals surface area contributed by atoms with Crippen molar-refractivity contribution in [1.82, 2.24) is 0 Å². The minimum Gasteiger partial charge on any atom is -0.497 e. The van der Waals surface area contributed by atoms with Crippen LogP contribution in [0.25, 0.3) is 0 Å². The number of carbonyl (C=O) groups is 1. The van der Waals surface area contributed by atoms with E-state index in [0.29, 0.717) is 11.7 Å². The molecule has 1 aliphatic carbocycles. The summed E-state index contributed by atoms with van der Waals surface area (Å²) in [6.07, 6.45) is 5.87. The molecule has 0 N–H and O–H groups in total. The Morgan fingerprint density at radius 2 is 1.78 bits per heavy atom. The summed E-state index contributed by atoms with van der Waals surface area (Å²) in [4.78, 5) is 11.8. The molecule has 2 heteroatoms. The van der Waals surface area contributed by atoms with Gasteiger partial charge in [-0.05, 0) is 43.4 Å². The van der Waals surface area contributed by atoms with Crippen LogP contribution < -0.4 is 4.74 Å². The summed E-state index contributed by atoms with van der Waals surface area (Å²) in [7, 11) is 1.68. The van der Waals surface area contributed by atoms with Crippen LogP contribution in [0.4, 0.5) is 0 Å². The Kier molecular flexibility index (Phi) is 4.40. The minimum atomic E-state index is 0.209. The molecule has 0 amide bonds. The molecule has 18 heavy (non-hydrogen) atoms. The van der Waals surface area contributed by atoms with Crippen LogP contribution >= 0.6 is 0 Å². The molecule has 1 aromatic carbocycles. The third kappa shape index (κ3) is 2.92. The molecule has 2 nitrogen and oxygen atoms in total. The predicted molar refractivity (Wildman–Crippen MR) is 73.0 cm³/mol. The fraction of sp³-hybridized carbons (Fsp3) is 0.562. The van der Waals surface area contributed by atoms with Gasteiger partial charge >= 0.3 is 0 Å². The van der Waals surface area contributed by atoms with Gasteiger partial charge in [-0.15, -0.1) is 0 Å². The maximum Gasteiger partial charge on any atom is 0.133 e. The maximum absolute atomic E-state index is 11.8. The summed E-state index contributed by atoms with van der Waals surface area (Å²) in [5.41, 5.74) is 1.29. The molecule has 0 aliphatic heterocycles. The minimum absolute atomic E-state index is 0.209. The number of benzene rings is 1. The van der Waals surface area contributed by atoms with E-state index in [1.165, 1.54) is 24.8 Å². The molecular formula is C16H22O2. The molecule has 0 heterocycles. The standard InChI is InChI=1S/C16H22O2/c1-12(17)15-6-4-3-5-7-16(15)13-8-10-14(18-2)11-9-13/h8-11,15-16H,3-7H2,1-2H3. The van der Waals surface area contributed by atoms with Crippen molar-refractivity contribution in [3.8, 4) is 5.75 Å². The molecule has 2 rings (SSSR count). The molecule has 0 spiro atoms. The molecule has 2 unspecified atom stereocenters. The molecule has 0 bridgehead atoms.